The predicted molar refractivity (Wildman–Crippen MR) is 58.8 cm³/mol. The summed E-state index contributed by atoms with van der Waals surface area (Å²) in [6.07, 6.45) is 2.76. The molecule has 1 fully saturated rings. The van der Waals surface area contributed by atoms with Crippen LogP contribution in [0.5, 0.6) is 0 Å². The molecular weight excluding hydrogens is 228 g/mol. The van der Waals surface area contributed by atoms with Gasteiger partial charge >= 0.3 is 5.76 Å². The summed E-state index contributed by atoms with van der Waals surface area (Å²) in [4.78, 5) is 19.9. The Morgan fingerprint density at radius 1 is 1.62 bits per heavy atom. The van der Waals surface area contributed by atoms with Crippen molar-refractivity contribution in [3.63, 3.8) is 0 Å². The van der Waals surface area contributed by atoms with Gasteiger partial charge in [-0.2, -0.15) is 0 Å². The lowest BCUT2D eigenvalue weighted by atomic mass is 10.1. The van der Waals surface area contributed by atoms with Crippen LogP contribution in [0, 0.1) is 0 Å². The van der Waals surface area contributed by atoms with Gasteiger partial charge in [0.05, 0.1) is 0 Å². The van der Waals surface area contributed by atoms with Crippen molar-refractivity contribution in [1.29, 1.82) is 0 Å². The quantitative estimate of drug-likeness (QED) is 0.838. The van der Waals surface area contributed by atoms with E-state index in [0.29, 0.717) is 5.82 Å². The van der Waals surface area contributed by atoms with Crippen LogP contribution in [0.15, 0.2) is 20.9 Å². The Labute approximate surface area is 94.9 Å². The van der Waals surface area contributed by atoms with E-state index in [1.807, 2.05) is 5.38 Å². The van der Waals surface area contributed by atoms with Crippen LogP contribution in [-0.4, -0.2) is 28.2 Å². The Hall–Kier alpha value is -1.63. The molecule has 0 aromatic carbocycles. The summed E-state index contributed by atoms with van der Waals surface area (Å²) < 4.78 is 4.51. The lowest BCUT2D eigenvalue weighted by Crippen LogP contribution is -2.19. The van der Waals surface area contributed by atoms with Gasteiger partial charge in [-0.1, -0.05) is 5.16 Å². The standard InChI is InChI=1S/C9H10N4O2S/c14-9-11-7(12-15-9)6-1-3-13(5-6)8-10-2-4-16-8/h2,4,6H,1,3,5H2,(H,11,12,14). The maximum absolute atomic E-state index is 10.8. The summed E-state index contributed by atoms with van der Waals surface area (Å²) in [6, 6.07) is 0. The molecule has 84 valence electrons. The van der Waals surface area contributed by atoms with Crippen LogP contribution in [-0.2, 0) is 0 Å². The monoisotopic (exact) mass is 238 g/mol. The van der Waals surface area contributed by atoms with Crippen molar-refractivity contribution in [2.24, 2.45) is 0 Å². The lowest BCUT2D eigenvalue weighted by molar-refractivity contribution is 0.378. The zero-order valence-electron chi connectivity index (χ0n) is 8.42. The third kappa shape index (κ3) is 1.63. The number of nitrogens with one attached hydrogen (secondary N) is 1. The van der Waals surface area contributed by atoms with Gasteiger partial charge in [-0.3, -0.25) is 9.51 Å². The summed E-state index contributed by atoms with van der Waals surface area (Å²) in [5.74, 6) is 0.391. The fraction of sp³-hybridized carbons (Fsp3) is 0.444. The number of aromatic nitrogens is 3. The van der Waals surface area contributed by atoms with Crippen molar-refractivity contribution in [2.75, 3.05) is 18.0 Å². The molecule has 1 aliphatic heterocycles. The fourth-order valence-corrected chi connectivity index (χ4v) is 2.63. The molecule has 2 aromatic rings. The molecule has 0 bridgehead atoms. The molecule has 2 aromatic heterocycles. The van der Waals surface area contributed by atoms with Gasteiger partial charge in [0.2, 0.25) is 0 Å². The Morgan fingerprint density at radius 3 is 3.25 bits per heavy atom. The van der Waals surface area contributed by atoms with Crippen molar-refractivity contribution >= 4 is 16.5 Å². The Bertz CT molecular complexity index is 518. The Morgan fingerprint density at radius 2 is 2.56 bits per heavy atom. The maximum atomic E-state index is 10.8. The highest BCUT2D eigenvalue weighted by molar-refractivity contribution is 7.13. The molecule has 0 aliphatic carbocycles. The zero-order chi connectivity index (χ0) is 11.0. The summed E-state index contributed by atoms with van der Waals surface area (Å²) in [5.41, 5.74) is 0. The van der Waals surface area contributed by atoms with Crippen LogP contribution in [0.1, 0.15) is 18.2 Å². The van der Waals surface area contributed by atoms with E-state index in [4.69, 9.17) is 0 Å². The first-order valence-electron chi connectivity index (χ1n) is 5.03. The van der Waals surface area contributed by atoms with Crippen LogP contribution in [0.25, 0.3) is 0 Å². The average Bonchev–Trinajstić information content (AvgIpc) is 2.97. The second-order valence-electron chi connectivity index (χ2n) is 3.73. The highest BCUT2D eigenvalue weighted by atomic mass is 32.1. The van der Waals surface area contributed by atoms with E-state index in [2.05, 4.69) is 24.5 Å². The largest absolute Gasteiger partial charge is 0.438 e. The van der Waals surface area contributed by atoms with Crippen LogP contribution in [0.3, 0.4) is 0 Å². The normalized spacial score (nSPS) is 20.5. The number of nitrogens with zero attached hydrogens (tertiary/aromatic N) is 3. The molecule has 0 amide bonds. The number of hydrogen-bond donors (Lipinski definition) is 1. The molecule has 0 spiro atoms. The van der Waals surface area contributed by atoms with Gasteiger partial charge in [-0.25, -0.2) is 9.78 Å². The van der Waals surface area contributed by atoms with Crippen molar-refractivity contribution in [2.45, 2.75) is 12.3 Å². The summed E-state index contributed by atoms with van der Waals surface area (Å²) in [6.45, 7) is 1.77. The average molecular weight is 238 g/mol. The number of hydrogen-bond acceptors (Lipinski definition) is 6. The molecule has 16 heavy (non-hydrogen) atoms. The molecule has 7 heteroatoms. The first-order chi connectivity index (χ1) is 7.83. The topological polar surface area (TPSA) is 75.0 Å². The first kappa shape index (κ1) is 9.59. The third-order valence-corrected chi connectivity index (χ3v) is 3.55. The van der Waals surface area contributed by atoms with Gasteiger partial charge < -0.3 is 4.90 Å². The fourth-order valence-electron chi connectivity index (χ4n) is 1.95. The van der Waals surface area contributed by atoms with Crippen molar-refractivity contribution < 1.29 is 4.52 Å². The predicted octanol–water partition coefficient (Wildman–Crippen LogP) is 0.813. The molecular formula is C9H10N4O2S. The van der Waals surface area contributed by atoms with E-state index in [-0.39, 0.29) is 5.92 Å². The molecule has 1 aliphatic rings. The number of anilines is 1. The lowest BCUT2D eigenvalue weighted by Gasteiger charge is -2.13. The summed E-state index contributed by atoms with van der Waals surface area (Å²) in [7, 11) is 0. The highest BCUT2D eigenvalue weighted by Crippen LogP contribution is 2.29. The Balaban J connectivity index is 1.76. The molecule has 1 saturated heterocycles. The van der Waals surface area contributed by atoms with Gasteiger partial charge in [-0.15, -0.1) is 11.3 Å². The van der Waals surface area contributed by atoms with Crippen molar-refractivity contribution in [1.82, 2.24) is 15.1 Å². The van der Waals surface area contributed by atoms with E-state index in [0.717, 1.165) is 24.6 Å². The molecule has 0 radical (unpaired) electrons. The second kappa shape index (κ2) is 3.75. The summed E-state index contributed by atoms with van der Waals surface area (Å²) >= 11 is 1.62. The minimum atomic E-state index is -0.484. The maximum Gasteiger partial charge on any atom is 0.438 e. The number of H-pyrrole nitrogens is 1. The molecule has 6 nitrogen and oxygen atoms in total. The first-order valence-corrected chi connectivity index (χ1v) is 5.91. The van der Waals surface area contributed by atoms with Crippen LogP contribution >= 0.6 is 11.3 Å². The molecule has 3 rings (SSSR count). The van der Waals surface area contributed by atoms with Gasteiger partial charge in [-0.05, 0) is 6.42 Å². The zero-order valence-corrected chi connectivity index (χ0v) is 9.24. The SMILES string of the molecule is O=c1[nH]c(C2CCN(c3nccs3)C2)no1. The smallest absolute Gasteiger partial charge is 0.347 e. The van der Waals surface area contributed by atoms with E-state index >= 15 is 0 Å². The van der Waals surface area contributed by atoms with Gasteiger partial charge in [0.25, 0.3) is 0 Å². The molecule has 1 N–H and O–H groups in total. The number of rotatable bonds is 2. The van der Waals surface area contributed by atoms with E-state index < -0.39 is 5.76 Å². The molecule has 1 atom stereocenters. The highest BCUT2D eigenvalue weighted by Gasteiger charge is 2.28. The van der Waals surface area contributed by atoms with E-state index in [1.165, 1.54) is 0 Å². The van der Waals surface area contributed by atoms with Gasteiger partial charge in [0, 0.05) is 30.6 Å². The third-order valence-electron chi connectivity index (χ3n) is 2.72. The summed E-state index contributed by atoms with van der Waals surface area (Å²) in [5, 5.41) is 6.71. The minimum absolute atomic E-state index is 0.232. The van der Waals surface area contributed by atoms with Crippen molar-refractivity contribution in [3.8, 4) is 0 Å². The minimum Gasteiger partial charge on any atom is -0.347 e. The molecule has 0 saturated carbocycles. The van der Waals surface area contributed by atoms with Gasteiger partial charge in [0.15, 0.2) is 11.0 Å². The van der Waals surface area contributed by atoms with E-state index in [9.17, 15) is 4.79 Å². The van der Waals surface area contributed by atoms with Crippen LogP contribution in [0.4, 0.5) is 5.13 Å². The molecule has 1 unspecified atom stereocenters. The van der Waals surface area contributed by atoms with Crippen LogP contribution in [0.2, 0.25) is 0 Å². The number of aromatic amines is 1. The van der Waals surface area contributed by atoms with Crippen LogP contribution < -0.4 is 10.7 Å². The Kier molecular flexibility index (Phi) is 2.24. The van der Waals surface area contributed by atoms with E-state index in [1.54, 1.807) is 17.5 Å². The second-order valence-corrected chi connectivity index (χ2v) is 4.60. The van der Waals surface area contributed by atoms with Gasteiger partial charge in [0.1, 0.15) is 0 Å². The van der Waals surface area contributed by atoms with Crippen molar-refractivity contribution in [3.05, 3.63) is 28.0 Å². The molecule has 3 heterocycles. The number of thiazole rings is 1.